The van der Waals surface area contributed by atoms with Crippen LogP contribution in [0.3, 0.4) is 0 Å². The number of phenols is 1. The van der Waals surface area contributed by atoms with Gasteiger partial charge in [0.2, 0.25) is 17.7 Å². The number of rotatable bonds is 17. The molecule has 76 heavy (non-hydrogen) atoms. The van der Waals surface area contributed by atoms with Crippen molar-refractivity contribution < 1.29 is 33.7 Å². The maximum atomic E-state index is 17.2. The number of hydrogen-bond donors (Lipinski definition) is 5. The number of ether oxygens (including phenoxy) is 1. The molecule has 3 aromatic heterocycles. The van der Waals surface area contributed by atoms with E-state index in [0.717, 1.165) is 103 Å². The molecular weight excluding hydrogens is 984 g/mol. The Bertz CT molecular complexity index is 3100. The fourth-order valence-electron chi connectivity index (χ4n) is 11.9. The number of halogens is 1. The summed E-state index contributed by atoms with van der Waals surface area (Å²) < 4.78 is 23.7. The summed E-state index contributed by atoms with van der Waals surface area (Å²) in [7, 11) is 0. The molecule has 402 valence electrons. The molecule has 4 saturated heterocycles. The lowest BCUT2D eigenvalue weighted by Crippen LogP contribution is -2.57. The zero-order valence-corrected chi connectivity index (χ0v) is 45.3. The number of aryl methyl sites for hydroxylation is 2. The van der Waals surface area contributed by atoms with Gasteiger partial charge in [0.15, 0.2) is 5.82 Å². The van der Waals surface area contributed by atoms with Crippen LogP contribution in [0.2, 0.25) is 0 Å². The Morgan fingerprint density at radius 2 is 1.76 bits per heavy atom. The molecule has 5 N–H and O–H groups in total. The molecular formula is C58H71FN10O6S. The molecule has 0 saturated carbocycles. The lowest BCUT2D eigenvalue weighted by atomic mass is 9.85. The number of nitrogens with zero attached hydrogens (tertiary/aromatic N) is 7. The van der Waals surface area contributed by atoms with Crippen LogP contribution in [0.15, 0.2) is 66.3 Å². The van der Waals surface area contributed by atoms with Crippen LogP contribution in [-0.2, 0) is 20.8 Å². The molecule has 3 amide bonds. The quantitative estimate of drug-likeness (QED) is 0.0552. The van der Waals surface area contributed by atoms with Crippen LogP contribution < -0.4 is 25.6 Å². The predicted octanol–water partition coefficient (Wildman–Crippen LogP) is 8.01. The number of β-amino-alcohol motifs (C(OH)–C–C–N with tert-alkyl or cyclic N) is 1. The van der Waals surface area contributed by atoms with Crippen molar-refractivity contribution in [1.29, 1.82) is 0 Å². The highest BCUT2D eigenvalue weighted by atomic mass is 32.1. The predicted molar refractivity (Wildman–Crippen MR) is 294 cm³/mol. The monoisotopic (exact) mass is 1050 g/mol. The van der Waals surface area contributed by atoms with Crippen LogP contribution in [0, 0.1) is 18.2 Å². The Morgan fingerprint density at radius 3 is 2.49 bits per heavy atom. The number of anilines is 1. The molecule has 4 aliphatic heterocycles. The van der Waals surface area contributed by atoms with Gasteiger partial charge in [0.25, 0.3) is 0 Å². The van der Waals surface area contributed by atoms with Crippen molar-refractivity contribution in [1.82, 2.24) is 45.7 Å². The molecule has 0 radical (unpaired) electrons. The van der Waals surface area contributed by atoms with Crippen LogP contribution in [0.1, 0.15) is 109 Å². The minimum Gasteiger partial charge on any atom is -0.508 e. The molecule has 7 atom stereocenters. The van der Waals surface area contributed by atoms with E-state index in [1.54, 1.807) is 29.7 Å². The molecule has 18 heteroatoms. The van der Waals surface area contributed by atoms with E-state index in [1.807, 2.05) is 82.6 Å². The second-order valence-corrected chi connectivity index (χ2v) is 23.3. The van der Waals surface area contributed by atoms with E-state index in [9.17, 15) is 24.6 Å². The second kappa shape index (κ2) is 22.3. The molecule has 4 fully saturated rings. The number of carbonyl (C=O) groups is 3. The SMILES string of the molecule is CCc1cccc2cc(O)cc(-c3ncc4c(N5C[C@H]6CC[C@@H](C5)N6)nc(OC[C@@H]5CCCN5CCCCC(=O)N[C@H](C(=O)N5C[C@H](O)C[C@H]5C(=O)N[C@@H](C)c5ccc(-c6scnc6C)cc5)C(C)(C)C)nc4c3F)c12. The van der Waals surface area contributed by atoms with Gasteiger partial charge in [-0.1, -0.05) is 70.2 Å². The minimum atomic E-state index is -0.919. The largest absolute Gasteiger partial charge is 0.508 e. The van der Waals surface area contributed by atoms with Crippen molar-refractivity contribution in [2.45, 2.75) is 142 Å². The van der Waals surface area contributed by atoms with Gasteiger partial charge >= 0.3 is 6.01 Å². The molecule has 4 aliphatic rings. The first-order chi connectivity index (χ1) is 36.5. The first-order valence-electron chi connectivity index (χ1n) is 27.1. The highest BCUT2D eigenvalue weighted by Gasteiger charge is 2.45. The van der Waals surface area contributed by atoms with E-state index in [1.165, 1.54) is 4.90 Å². The number of benzene rings is 3. The lowest BCUT2D eigenvalue weighted by Gasteiger charge is -2.35. The first-order valence-corrected chi connectivity index (χ1v) is 28.0. The van der Waals surface area contributed by atoms with Gasteiger partial charge in [-0.25, -0.2) is 9.37 Å². The van der Waals surface area contributed by atoms with E-state index in [0.29, 0.717) is 41.9 Å². The Balaban J connectivity index is 0.768. The van der Waals surface area contributed by atoms with Crippen LogP contribution in [0.25, 0.3) is 43.4 Å². The van der Waals surface area contributed by atoms with E-state index >= 15 is 4.39 Å². The fraction of sp³-hybridized carbons (Fsp3) is 0.500. The first kappa shape index (κ1) is 53.1. The van der Waals surface area contributed by atoms with Crippen molar-refractivity contribution in [2.24, 2.45) is 5.41 Å². The van der Waals surface area contributed by atoms with E-state index in [2.05, 4.69) is 37.7 Å². The van der Waals surface area contributed by atoms with Crippen LogP contribution in [0.5, 0.6) is 11.8 Å². The van der Waals surface area contributed by atoms with Gasteiger partial charge in [-0.05, 0) is 117 Å². The van der Waals surface area contributed by atoms with Gasteiger partial charge in [0, 0.05) is 62.4 Å². The molecule has 10 rings (SSSR count). The number of pyridine rings is 1. The summed E-state index contributed by atoms with van der Waals surface area (Å²) in [6.07, 6.45) is 7.13. The Hall–Kier alpha value is -6.34. The Kier molecular flexibility index (Phi) is 15.6. The molecule has 3 aromatic carbocycles. The minimum absolute atomic E-state index is 0.00432. The third-order valence-electron chi connectivity index (χ3n) is 15.9. The summed E-state index contributed by atoms with van der Waals surface area (Å²) in [5.74, 6) is -0.983. The summed E-state index contributed by atoms with van der Waals surface area (Å²) in [6.45, 7) is 14.9. The zero-order valence-electron chi connectivity index (χ0n) is 44.4. The number of amides is 3. The number of hydrogen-bond acceptors (Lipinski definition) is 14. The van der Waals surface area contributed by atoms with Crippen molar-refractivity contribution >= 4 is 56.6 Å². The second-order valence-electron chi connectivity index (χ2n) is 22.4. The number of unbranched alkanes of at least 4 members (excludes halogenated alkanes) is 1. The van der Waals surface area contributed by atoms with Gasteiger partial charge in [-0.15, -0.1) is 11.3 Å². The van der Waals surface area contributed by atoms with E-state index in [-0.39, 0.29) is 66.3 Å². The van der Waals surface area contributed by atoms with Crippen molar-refractivity contribution in [3.8, 4) is 33.5 Å². The molecule has 0 aliphatic carbocycles. The summed E-state index contributed by atoms with van der Waals surface area (Å²) in [4.78, 5) is 67.6. The number of phenolic OH excluding ortho intramolecular Hbond substituents is 1. The molecule has 6 aromatic rings. The number of nitrogens with one attached hydrogen (secondary N) is 3. The average Bonchev–Trinajstić information content (AvgIpc) is 4.23. The average molecular weight is 1060 g/mol. The Labute approximate surface area is 447 Å². The number of carbonyl (C=O) groups excluding carboxylic acids is 3. The molecule has 2 bridgehead atoms. The fourth-order valence-corrected chi connectivity index (χ4v) is 12.7. The number of aromatic hydroxyl groups is 1. The van der Waals surface area contributed by atoms with Gasteiger partial charge < -0.3 is 40.7 Å². The van der Waals surface area contributed by atoms with E-state index < -0.39 is 35.3 Å². The number of likely N-dealkylation sites (tertiary alicyclic amines) is 2. The van der Waals surface area contributed by atoms with Crippen LogP contribution >= 0.6 is 11.3 Å². The molecule has 0 unspecified atom stereocenters. The number of aliphatic hydroxyl groups is 1. The van der Waals surface area contributed by atoms with Gasteiger partial charge in [-0.3, -0.25) is 24.3 Å². The highest BCUT2D eigenvalue weighted by Crippen LogP contribution is 2.40. The van der Waals surface area contributed by atoms with Crippen molar-refractivity contribution in [3.05, 3.63) is 88.9 Å². The lowest BCUT2D eigenvalue weighted by molar-refractivity contribution is -0.144. The Morgan fingerprint density at radius 1 is 0.987 bits per heavy atom. The zero-order chi connectivity index (χ0) is 53.4. The highest BCUT2D eigenvalue weighted by molar-refractivity contribution is 7.13. The van der Waals surface area contributed by atoms with Crippen molar-refractivity contribution in [2.75, 3.05) is 44.2 Å². The number of fused-ring (bicyclic) bond motifs is 4. The van der Waals surface area contributed by atoms with E-state index in [4.69, 9.17) is 19.7 Å². The number of aliphatic hydroxyl groups excluding tert-OH is 1. The summed E-state index contributed by atoms with van der Waals surface area (Å²) in [5.41, 5.74) is 5.81. The smallest absolute Gasteiger partial charge is 0.319 e. The van der Waals surface area contributed by atoms with Gasteiger partial charge in [0.05, 0.1) is 33.6 Å². The topological polar surface area (TPSA) is 198 Å². The van der Waals surface area contributed by atoms with Gasteiger partial charge in [-0.2, -0.15) is 9.97 Å². The molecule has 16 nitrogen and oxygen atoms in total. The van der Waals surface area contributed by atoms with Gasteiger partial charge in [0.1, 0.15) is 41.5 Å². The summed E-state index contributed by atoms with van der Waals surface area (Å²) in [6, 6.07) is 15.7. The van der Waals surface area contributed by atoms with Crippen molar-refractivity contribution in [3.63, 3.8) is 0 Å². The third kappa shape index (κ3) is 11.2. The number of piperazine rings is 1. The maximum Gasteiger partial charge on any atom is 0.319 e. The van der Waals surface area contributed by atoms with Crippen LogP contribution in [-0.4, -0.2) is 133 Å². The standard InChI is InChI=1S/C58H71FN10O6S/c1-7-35-12-10-13-38-24-42(70)25-44(48(35)38)50-49(59)51-45(27-60-50)54(68-28-39-20-21-40(29-68)63-39)66-57(65-51)75-31-41-14-11-23-67(41)22-9-8-15-47(72)64-53(58(4,5)6)56(74)69-30-43(71)26-46(69)55(73)62-33(2)36-16-18-37(19-17-36)52-34(3)61-32-76-52/h10,12-13,16-19,24-25,27,32-33,39-41,43,46,53,63,70-71H,7-9,11,14-15,20-23,26,28-31H2,1-6H3,(H,62,73)(H,64,72)/t33-,39-,40+,41-,43+,46-,53+/m0/s1. The summed E-state index contributed by atoms with van der Waals surface area (Å²) in [5, 5.41) is 33.5. The molecule has 7 heterocycles. The number of thiazole rings is 1. The summed E-state index contributed by atoms with van der Waals surface area (Å²) >= 11 is 1.58. The number of aromatic nitrogens is 4. The normalized spacial score (nSPS) is 21.6. The molecule has 0 spiro atoms. The van der Waals surface area contributed by atoms with Crippen LogP contribution in [0.4, 0.5) is 10.2 Å². The third-order valence-corrected chi connectivity index (χ3v) is 16.9. The maximum absolute atomic E-state index is 17.2.